The number of hydrogen-bond donors (Lipinski definition) is 1. The highest BCUT2D eigenvalue weighted by molar-refractivity contribution is 14.1. The molecular formula is C13H13IO3. The first-order valence-corrected chi connectivity index (χ1v) is 6.81. The summed E-state index contributed by atoms with van der Waals surface area (Å²) in [6, 6.07) is 6.04. The molecule has 90 valence electrons. The summed E-state index contributed by atoms with van der Waals surface area (Å²) in [5.74, 6) is 0.153. The zero-order chi connectivity index (χ0) is 12.2. The predicted molar refractivity (Wildman–Crippen MR) is 71.2 cm³/mol. The van der Waals surface area contributed by atoms with E-state index in [4.69, 9.17) is 4.74 Å². The Morgan fingerprint density at radius 1 is 1.59 bits per heavy atom. The maximum atomic E-state index is 11.3. The van der Waals surface area contributed by atoms with Gasteiger partial charge in [0.25, 0.3) is 0 Å². The van der Waals surface area contributed by atoms with Crippen LogP contribution in [0.2, 0.25) is 0 Å². The molecule has 3 nitrogen and oxygen atoms in total. The van der Waals surface area contributed by atoms with Gasteiger partial charge in [0.15, 0.2) is 0 Å². The molecule has 0 amide bonds. The molecule has 1 spiro atoms. The smallest absolute Gasteiger partial charge is 0.307 e. The van der Waals surface area contributed by atoms with Crippen LogP contribution in [0.25, 0.3) is 0 Å². The van der Waals surface area contributed by atoms with E-state index in [1.807, 2.05) is 19.1 Å². The van der Waals surface area contributed by atoms with E-state index in [1.165, 1.54) is 0 Å². The Kier molecular flexibility index (Phi) is 2.40. The first kappa shape index (κ1) is 11.3. The average molecular weight is 344 g/mol. The lowest BCUT2D eigenvalue weighted by atomic mass is 9.86. The van der Waals surface area contributed by atoms with E-state index in [0.717, 1.165) is 21.3 Å². The van der Waals surface area contributed by atoms with Gasteiger partial charge in [-0.3, -0.25) is 4.79 Å². The van der Waals surface area contributed by atoms with Gasteiger partial charge in [0.05, 0.1) is 12.5 Å². The molecule has 1 aromatic carbocycles. The van der Waals surface area contributed by atoms with Crippen LogP contribution < -0.4 is 4.74 Å². The standard InChI is InChI=1S/C13H13IO3/c1-7-11(12(15)16)13(7)4-5-17-10-3-2-8(14)6-9(10)13/h2-3,6-7,11H,4-5H2,1H3,(H,15,16)/t7-,11?,13-/m0/s1. The van der Waals surface area contributed by atoms with Gasteiger partial charge in [-0.05, 0) is 53.1 Å². The van der Waals surface area contributed by atoms with Crippen LogP contribution in [-0.2, 0) is 10.2 Å². The van der Waals surface area contributed by atoms with Crippen LogP contribution in [0.1, 0.15) is 18.9 Å². The van der Waals surface area contributed by atoms with Gasteiger partial charge in [0.2, 0.25) is 0 Å². The number of rotatable bonds is 1. The van der Waals surface area contributed by atoms with Gasteiger partial charge in [-0.2, -0.15) is 0 Å². The molecule has 2 aliphatic rings. The largest absolute Gasteiger partial charge is 0.493 e. The summed E-state index contributed by atoms with van der Waals surface area (Å²) in [4.78, 5) is 11.3. The van der Waals surface area contributed by atoms with Gasteiger partial charge in [0.1, 0.15) is 5.75 Å². The molecule has 3 atom stereocenters. The lowest BCUT2D eigenvalue weighted by Gasteiger charge is -2.27. The Bertz CT molecular complexity index is 499. The van der Waals surface area contributed by atoms with E-state index in [1.54, 1.807) is 0 Å². The summed E-state index contributed by atoms with van der Waals surface area (Å²) < 4.78 is 6.77. The van der Waals surface area contributed by atoms with E-state index >= 15 is 0 Å². The van der Waals surface area contributed by atoms with Crippen molar-refractivity contribution in [1.29, 1.82) is 0 Å². The molecule has 0 aromatic heterocycles. The molecule has 1 saturated carbocycles. The van der Waals surface area contributed by atoms with E-state index in [-0.39, 0.29) is 17.3 Å². The SMILES string of the molecule is C[C@H]1C(C(=O)O)[C@@]12CCOc1ccc(I)cc12. The van der Waals surface area contributed by atoms with Gasteiger partial charge in [-0.15, -0.1) is 0 Å². The highest BCUT2D eigenvalue weighted by atomic mass is 127. The Hall–Kier alpha value is -0.780. The van der Waals surface area contributed by atoms with Crippen molar-refractivity contribution >= 4 is 28.6 Å². The van der Waals surface area contributed by atoms with Crippen molar-refractivity contribution in [2.75, 3.05) is 6.61 Å². The summed E-state index contributed by atoms with van der Waals surface area (Å²) >= 11 is 2.26. The van der Waals surface area contributed by atoms with Gasteiger partial charge in [-0.1, -0.05) is 6.92 Å². The minimum Gasteiger partial charge on any atom is -0.493 e. The molecule has 0 bridgehead atoms. The summed E-state index contributed by atoms with van der Waals surface area (Å²) in [6.07, 6.45) is 0.818. The maximum Gasteiger partial charge on any atom is 0.307 e. The second kappa shape index (κ2) is 3.60. The molecule has 3 rings (SSSR count). The van der Waals surface area contributed by atoms with Crippen LogP contribution in [-0.4, -0.2) is 17.7 Å². The average Bonchev–Trinajstić information content (AvgIpc) is 2.86. The topological polar surface area (TPSA) is 46.5 Å². The molecule has 4 heteroatoms. The summed E-state index contributed by atoms with van der Waals surface area (Å²) in [7, 11) is 0. The first-order valence-electron chi connectivity index (χ1n) is 5.73. The van der Waals surface area contributed by atoms with Gasteiger partial charge in [0, 0.05) is 14.5 Å². The van der Waals surface area contributed by atoms with Crippen molar-refractivity contribution < 1.29 is 14.6 Å². The Morgan fingerprint density at radius 3 is 3.00 bits per heavy atom. The summed E-state index contributed by atoms with van der Waals surface area (Å²) in [5, 5.41) is 9.29. The van der Waals surface area contributed by atoms with E-state index in [9.17, 15) is 9.90 Å². The van der Waals surface area contributed by atoms with E-state index in [0.29, 0.717) is 6.61 Å². The monoisotopic (exact) mass is 344 g/mol. The van der Waals surface area contributed by atoms with E-state index < -0.39 is 5.97 Å². The molecule has 1 fully saturated rings. The summed E-state index contributed by atoms with van der Waals surface area (Å²) in [6.45, 7) is 2.66. The van der Waals surface area contributed by atoms with Crippen molar-refractivity contribution in [3.05, 3.63) is 27.3 Å². The number of carboxylic acid groups (broad SMARTS) is 1. The lowest BCUT2D eigenvalue weighted by Crippen LogP contribution is -2.24. The molecule has 0 saturated heterocycles. The number of hydrogen-bond acceptors (Lipinski definition) is 2. The maximum absolute atomic E-state index is 11.3. The Morgan fingerprint density at radius 2 is 2.35 bits per heavy atom. The highest BCUT2D eigenvalue weighted by Crippen LogP contribution is 2.65. The second-order valence-corrected chi connectivity index (χ2v) is 6.13. The van der Waals surface area contributed by atoms with Crippen LogP contribution in [0.3, 0.4) is 0 Å². The first-order chi connectivity index (χ1) is 8.07. The normalized spacial score (nSPS) is 34.0. The molecule has 1 aliphatic heterocycles. The number of aliphatic carboxylic acids is 1. The zero-order valence-electron chi connectivity index (χ0n) is 9.44. The third-order valence-electron chi connectivity index (χ3n) is 4.24. The van der Waals surface area contributed by atoms with Crippen LogP contribution in [0.5, 0.6) is 5.75 Å². The molecule has 1 unspecified atom stereocenters. The fourth-order valence-electron chi connectivity index (χ4n) is 3.32. The Balaban J connectivity index is 2.12. The van der Waals surface area contributed by atoms with Crippen LogP contribution in [0, 0.1) is 15.4 Å². The molecule has 1 heterocycles. The highest BCUT2D eigenvalue weighted by Gasteiger charge is 2.68. The minimum absolute atomic E-state index is 0.180. The van der Waals surface area contributed by atoms with E-state index in [2.05, 4.69) is 28.7 Å². The molecule has 17 heavy (non-hydrogen) atoms. The fourth-order valence-corrected chi connectivity index (χ4v) is 3.81. The van der Waals surface area contributed by atoms with Gasteiger partial charge < -0.3 is 9.84 Å². The number of fused-ring (bicyclic) bond motifs is 2. The quantitative estimate of drug-likeness (QED) is 0.797. The van der Waals surface area contributed by atoms with Gasteiger partial charge >= 0.3 is 5.97 Å². The number of carbonyl (C=O) groups is 1. The number of halogens is 1. The van der Waals surface area contributed by atoms with Crippen LogP contribution >= 0.6 is 22.6 Å². The Labute approximate surface area is 113 Å². The molecular weight excluding hydrogens is 331 g/mol. The van der Waals surface area contributed by atoms with Crippen LogP contribution in [0.4, 0.5) is 0 Å². The van der Waals surface area contributed by atoms with Crippen molar-refractivity contribution in [3.8, 4) is 5.75 Å². The fraction of sp³-hybridized carbons (Fsp3) is 0.462. The number of benzene rings is 1. The predicted octanol–water partition coefficient (Wildman–Crippen LogP) is 2.66. The van der Waals surface area contributed by atoms with Crippen molar-refractivity contribution in [2.24, 2.45) is 11.8 Å². The zero-order valence-corrected chi connectivity index (χ0v) is 11.6. The molecule has 1 N–H and O–H groups in total. The van der Waals surface area contributed by atoms with Crippen molar-refractivity contribution in [1.82, 2.24) is 0 Å². The van der Waals surface area contributed by atoms with Gasteiger partial charge in [-0.25, -0.2) is 0 Å². The second-order valence-electron chi connectivity index (χ2n) is 4.88. The number of ether oxygens (including phenoxy) is 1. The third kappa shape index (κ3) is 1.42. The summed E-state index contributed by atoms with van der Waals surface area (Å²) in [5.41, 5.74) is 0.913. The van der Waals surface area contributed by atoms with Crippen LogP contribution in [0.15, 0.2) is 18.2 Å². The molecule has 0 radical (unpaired) electrons. The molecule has 1 aromatic rings. The van der Waals surface area contributed by atoms with Crippen molar-refractivity contribution in [2.45, 2.75) is 18.8 Å². The third-order valence-corrected chi connectivity index (χ3v) is 4.91. The minimum atomic E-state index is -0.677. The molecule has 1 aliphatic carbocycles. The lowest BCUT2D eigenvalue weighted by molar-refractivity contribution is -0.139. The number of carboxylic acids is 1. The van der Waals surface area contributed by atoms with Crippen molar-refractivity contribution in [3.63, 3.8) is 0 Å².